The second kappa shape index (κ2) is 7.26. The molecule has 3 aromatic rings. The molecular formula is C19H17ClFN5O2. The zero-order valence-corrected chi connectivity index (χ0v) is 15.4. The smallest absolute Gasteiger partial charge is 0.261 e. The van der Waals surface area contributed by atoms with Crippen molar-refractivity contribution in [1.29, 1.82) is 5.26 Å². The number of fused-ring (bicyclic) bond motifs is 1. The first-order chi connectivity index (χ1) is 13.5. The van der Waals surface area contributed by atoms with Crippen molar-refractivity contribution in [1.82, 2.24) is 14.8 Å². The predicted molar refractivity (Wildman–Crippen MR) is 103 cm³/mol. The summed E-state index contributed by atoms with van der Waals surface area (Å²) in [6.45, 7) is 0. The monoisotopic (exact) mass is 401 g/mol. The Morgan fingerprint density at radius 2 is 2.21 bits per heavy atom. The molecule has 9 heteroatoms. The first kappa shape index (κ1) is 18.5. The fourth-order valence-corrected chi connectivity index (χ4v) is 3.83. The van der Waals surface area contributed by atoms with Gasteiger partial charge in [-0.2, -0.15) is 10.4 Å². The lowest BCUT2D eigenvalue weighted by Gasteiger charge is -2.30. The van der Waals surface area contributed by atoms with E-state index in [1.165, 1.54) is 18.3 Å². The van der Waals surface area contributed by atoms with Crippen LogP contribution < -0.4 is 10.9 Å². The Bertz CT molecular complexity index is 1140. The molecule has 0 spiro atoms. The van der Waals surface area contributed by atoms with Gasteiger partial charge in [0.2, 0.25) is 0 Å². The van der Waals surface area contributed by atoms with Gasteiger partial charge in [-0.1, -0.05) is 11.6 Å². The number of aromatic amines is 1. The van der Waals surface area contributed by atoms with Crippen LogP contribution in [0.3, 0.4) is 0 Å². The molecule has 144 valence electrons. The van der Waals surface area contributed by atoms with Crippen LogP contribution in [0.5, 0.6) is 0 Å². The average molecular weight is 402 g/mol. The number of nitriles is 1. The van der Waals surface area contributed by atoms with Gasteiger partial charge in [-0.05, 0) is 43.5 Å². The van der Waals surface area contributed by atoms with Crippen LogP contribution in [-0.4, -0.2) is 26.0 Å². The van der Waals surface area contributed by atoms with Crippen molar-refractivity contribution in [3.63, 3.8) is 0 Å². The molecule has 2 aromatic heterocycles. The molecule has 3 atom stereocenters. The summed E-state index contributed by atoms with van der Waals surface area (Å²) in [7, 11) is 0. The van der Waals surface area contributed by atoms with E-state index in [1.807, 2.05) is 0 Å². The number of aromatic nitrogens is 3. The van der Waals surface area contributed by atoms with Crippen molar-refractivity contribution in [2.45, 2.75) is 31.4 Å². The average Bonchev–Trinajstić information content (AvgIpc) is 3.04. The lowest BCUT2D eigenvalue weighted by atomic mass is 9.84. The fraction of sp³-hybridized carbons (Fsp3) is 0.316. The maximum Gasteiger partial charge on any atom is 0.261 e. The van der Waals surface area contributed by atoms with E-state index in [4.69, 9.17) is 11.6 Å². The molecule has 2 heterocycles. The Morgan fingerprint density at radius 1 is 1.39 bits per heavy atom. The third kappa shape index (κ3) is 3.23. The number of aliphatic hydroxyl groups excluding tert-OH is 1. The summed E-state index contributed by atoms with van der Waals surface area (Å²) in [6, 6.07) is 7.92. The van der Waals surface area contributed by atoms with Gasteiger partial charge in [0.25, 0.3) is 5.56 Å². The highest BCUT2D eigenvalue weighted by Crippen LogP contribution is 2.36. The number of rotatable bonds is 3. The molecule has 28 heavy (non-hydrogen) atoms. The van der Waals surface area contributed by atoms with Gasteiger partial charge in [0.05, 0.1) is 34.7 Å². The third-order valence-electron chi connectivity index (χ3n) is 5.08. The topological polar surface area (TPSA) is 107 Å². The van der Waals surface area contributed by atoms with Gasteiger partial charge in [0.1, 0.15) is 11.2 Å². The maximum absolute atomic E-state index is 13.8. The van der Waals surface area contributed by atoms with Gasteiger partial charge < -0.3 is 15.4 Å². The van der Waals surface area contributed by atoms with Crippen LogP contribution in [0.4, 0.5) is 15.9 Å². The van der Waals surface area contributed by atoms with Gasteiger partial charge in [-0.15, -0.1) is 0 Å². The van der Waals surface area contributed by atoms with E-state index in [9.17, 15) is 19.6 Å². The van der Waals surface area contributed by atoms with E-state index in [1.54, 1.807) is 16.8 Å². The zero-order valence-electron chi connectivity index (χ0n) is 14.7. The van der Waals surface area contributed by atoms with E-state index in [-0.39, 0.29) is 22.4 Å². The van der Waals surface area contributed by atoms with E-state index in [0.717, 1.165) is 0 Å². The second-order valence-corrected chi connectivity index (χ2v) is 7.29. The Kier molecular flexibility index (Phi) is 4.79. The van der Waals surface area contributed by atoms with Crippen LogP contribution in [0.15, 0.2) is 35.3 Å². The summed E-state index contributed by atoms with van der Waals surface area (Å²) in [5.74, 6) is -0.747. The maximum atomic E-state index is 13.8. The van der Waals surface area contributed by atoms with Crippen molar-refractivity contribution < 1.29 is 9.50 Å². The van der Waals surface area contributed by atoms with Gasteiger partial charge >= 0.3 is 0 Å². The number of nitrogens with one attached hydrogen (secondary N) is 2. The van der Waals surface area contributed by atoms with Crippen molar-refractivity contribution >= 4 is 34.0 Å². The third-order valence-corrected chi connectivity index (χ3v) is 5.39. The number of hydrogen-bond donors (Lipinski definition) is 3. The summed E-state index contributed by atoms with van der Waals surface area (Å²) >= 11 is 5.72. The van der Waals surface area contributed by atoms with Crippen molar-refractivity contribution in [3.8, 4) is 6.07 Å². The van der Waals surface area contributed by atoms with E-state index in [0.29, 0.717) is 35.9 Å². The van der Waals surface area contributed by atoms with Crippen LogP contribution in [-0.2, 0) is 0 Å². The number of benzene rings is 1. The minimum absolute atomic E-state index is 0.00332. The summed E-state index contributed by atoms with van der Waals surface area (Å²) in [6.07, 6.45) is 2.49. The number of H-pyrrole nitrogens is 1. The van der Waals surface area contributed by atoms with Gasteiger partial charge in [-0.3, -0.25) is 9.48 Å². The molecule has 7 nitrogen and oxygen atoms in total. The molecule has 0 saturated heterocycles. The quantitative estimate of drug-likeness (QED) is 0.622. The molecule has 3 N–H and O–H groups in total. The zero-order chi connectivity index (χ0) is 19.8. The summed E-state index contributed by atoms with van der Waals surface area (Å²) < 4.78 is 15.4. The number of halogens is 2. The number of nitrogens with zero attached hydrogens (tertiary/aromatic N) is 3. The second-order valence-electron chi connectivity index (χ2n) is 6.88. The van der Waals surface area contributed by atoms with Crippen LogP contribution in [0, 0.1) is 23.1 Å². The van der Waals surface area contributed by atoms with Crippen LogP contribution in [0.2, 0.25) is 5.02 Å². The van der Waals surface area contributed by atoms with E-state index < -0.39 is 17.8 Å². The first-order valence-electron chi connectivity index (χ1n) is 8.87. The summed E-state index contributed by atoms with van der Waals surface area (Å²) in [4.78, 5) is 15.1. The number of pyridine rings is 1. The predicted octanol–water partition coefficient (Wildman–Crippen LogP) is 3.49. The number of aliphatic hydroxyl groups is 1. The molecule has 0 bridgehead atoms. The highest BCUT2D eigenvalue weighted by molar-refractivity contribution is 6.30. The van der Waals surface area contributed by atoms with Crippen LogP contribution in [0.1, 0.15) is 25.3 Å². The molecule has 0 unspecified atom stereocenters. The summed E-state index contributed by atoms with van der Waals surface area (Å²) in [5.41, 5.74) is 0.625. The van der Waals surface area contributed by atoms with E-state index in [2.05, 4.69) is 21.5 Å². The molecule has 0 radical (unpaired) electrons. The molecule has 0 amide bonds. The number of hydrogen-bond acceptors (Lipinski definition) is 5. The molecule has 4 rings (SSSR count). The minimum Gasteiger partial charge on any atom is -0.393 e. The molecule has 0 aliphatic heterocycles. The Labute approximate surface area is 164 Å². The Hall–Kier alpha value is -2.89. The molecule has 1 saturated carbocycles. The highest BCUT2D eigenvalue weighted by atomic mass is 35.5. The number of anilines is 2. The van der Waals surface area contributed by atoms with E-state index >= 15 is 0 Å². The molecule has 1 aliphatic carbocycles. The summed E-state index contributed by atoms with van der Waals surface area (Å²) in [5, 5.41) is 27.2. The molecule has 1 aliphatic rings. The minimum atomic E-state index is -0.588. The van der Waals surface area contributed by atoms with Crippen molar-refractivity contribution in [2.75, 3.05) is 5.32 Å². The Morgan fingerprint density at radius 3 is 2.96 bits per heavy atom. The van der Waals surface area contributed by atoms with Gasteiger partial charge in [0.15, 0.2) is 5.82 Å². The highest BCUT2D eigenvalue weighted by Gasteiger charge is 2.33. The SMILES string of the molecule is N#C[C@H]1C[C@H](O)CC[C@@H]1n1nc(Nc2ccc(Cl)c(F)c2)c2c(=O)[nH]ccc21. The lowest BCUT2D eigenvalue weighted by Crippen LogP contribution is -2.29. The normalized spacial score (nSPS) is 22.1. The largest absolute Gasteiger partial charge is 0.393 e. The molecule has 1 fully saturated rings. The molecular weight excluding hydrogens is 385 g/mol. The Balaban J connectivity index is 1.81. The van der Waals surface area contributed by atoms with Crippen molar-refractivity contribution in [3.05, 3.63) is 51.7 Å². The van der Waals surface area contributed by atoms with Gasteiger partial charge in [0, 0.05) is 11.9 Å². The first-order valence-corrected chi connectivity index (χ1v) is 9.25. The van der Waals surface area contributed by atoms with Gasteiger partial charge in [-0.25, -0.2) is 4.39 Å². The lowest BCUT2D eigenvalue weighted by molar-refractivity contribution is 0.0876. The van der Waals surface area contributed by atoms with Crippen molar-refractivity contribution in [2.24, 2.45) is 5.92 Å². The standard InChI is InChI=1S/C19H17ClFN5O2/c20-13-3-1-11(8-14(13)21)24-18-17-16(5-6-23-19(17)28)26(25-18)15-4-2-12(27)7-10(15)9-22/h1,3,5-6,8,10,12,15,27H,2,4,7H2,(H,23,28)(H,24,25)/t10-,12-,15+/m1/s1. The van der Waals surface area contributed by atoms with Crippen LogP contribution >= 0.6 is 11.6 Å². The molecule has 1 aromatic carbocycles. The van der Waals surface area contributed by atoms with Crippen LogP contribution in [0.25, 0.3) is 10.9 Å². The fourth-order valence-electron chi connectivity index (χ4n) is 3.71.